The Morgan fingerprint density at radius 3 is 1.67 bits per heavy atom. The van der Waals surface area contributed by atoms with E-state index in [1.807, 2.05) is 0 Å². The molecule has 0 saturated heterocycles. The highest BCUT2D eigenvalue weighted by molar-refractivity contribution is 6.80. The van der Waals surface area contributed by atoms with Crippen molar-refractivity contribution in [2.45, 2.75) is 84.2 Å². The Hall–Kier alpha value is -1.38. The van der Waals surface area contributed by atoms with Gasteiger partial charge in [-0.05, 0) is 23.2 Å². The quantitative estimate of drug-likeness (QED) is 0.283. The third-order valence-electron chi connectivity index (χ3n) is 5.10. The van der Waals surface area contributed by atoms with E-state index >= 15 is 0 Å². The zero-order valence-corrected chi connectivity index (χ0v) is 18.3. The van der Waals surface area contributed by atoms with Gasteiger partial charge >= 0.3 is 0 Å². The van der Waals surface area contributed by atoms with Crippen molar-refractivity contribution < 1.29 is 4.43 Å². The number of hydrogen-bond donors (Lipinski definition) is 0. The van der Waals surface area contributed by atoms with Gasteiger partial charge in [0.2, 0.25) is 0 Å². The van der Waals surface area contributed by atoms with Crippen molar-refractivity contribution in [3.63, 3.8) is 0 Å². The van der Waals surface area contributed by atoms with Crippen LogP contribution in [-0.2, 0) is 4.43 Å². The molecule has 0 heterocycles. The summed E-state index contributed by atoms with van der Waals surface area (Å²) in [6, 6.07) is 21.7. The minimum atomic E-state index is -1.17. The molecule has 0 saturated carbocycles. The zero-order valence-electron chi connectivity index (χ0n) is 17.3. The van der Waals surface area contributed by atoms with E-state index < -0.39 is 9.04 Å². The van der Waals surface area contributed by atoms with Crippen LogP contribution in [0.1, 0.15) is 78.1 Å². The van der Waals surface area contributed by atoms with Crippen LogP contribution >= 0.6 is 0 Å². The number of benzene rings is 2. The summed E-state index contributed by atoms with van der Waals surface area (Å²) in [6.45, 7) is 4.56. The Morgan fingerprint density at radius 2 is 1.15 bits per heavy atom. The van der Waals surface area contributed by atoms with Crippen molar-refractivity contribution in [2.24, 2.45) is 0 Å². The van der Waals surface area contributed by atoms with E-state index in [0.29, 0.717) is 6.10 Å². The van der Waals surface area contributed by atoms with E-state index in [1.165, 1.54) is 74.6 Å². The van der Waals surface area contributed by atoms with Gasteiger partial charge in [0.1, 0.15) is 0 Å². The van der Waals surface area contributed by atoms with Gasteiger partial charge in [0.05, 0.1) is 0 Å². The minimum Gasteiger partial charge on any atom is -0.404 e. The first-order valence-corrected chi connectivity index (χ1v) is 12.4. The molecule has 0 fully saturated rings. The maximum absolute atomic E-state index is 6.81. The summed E-state index contributed by atoms with van der Waals surface area (Å²) in [5, 5.41) is 2.71. The van der Waals surface area contributed by atoms with Crippen molar-refractivity contribution in [2.75, 3.05) is 0 Å². The lowest BCUT2D eigenvalue weighted by atomic mass is 10.0. The van der Waals surface area contributed by atoms with Crippen LogP contribution in [0, 0.1) is 0 Å². The first-order chi connectivity index (χ1) is 13.3. The highest BCUT2D eigenvalue weighted by Crippen LogP contribution is 2.15. The summed E-state index contributed by atoms with van der Waals surface area (Å²) in [5.41, 5.74) is 0. The second-order valence-electron chi connectivity index (χ2n) is 7.50. The van der Waals surface area contributed by atoms with Gasteiger partial charge in [-0.25, -0.2) is 0 Å². The van der Waals surface area contributed by atoms with Crippen LogP contribution in [0.3, 0.4) is 0 Å². The largest absolute Gasteiger partial charge is 0.404 e. The summed E-state index contributed by atoms with van der Waals surface area (Å²) in [5.74, 6) is 0. The van der Waals surface area contributed by atoms with Crippen molar-refractivity contribution in [1.29, 1.82) is 0 Å². The average Bonchev–Trinajstić information content (AvgIpc) is 2.72. The molecule has 0 N–H and O–H groups in total. The maximum Gasteiger partial charge on any atom is 0.283 e. The Morgan fingerprint density at radius 1 is 0.630 bits per heavy atom. The Kier molecular flexibility index (Phi) is 11.1. The van der Waals surface area contributed by atoms with Crippen LogP contribution < -0.4 is 10.4 Å². The summed E-state index contributed by atoms with van der Waals surface area (Å²) in [7, 11) is -1.17. The lowest BCUT2D eigenvalue weighted by Crippen LogP contribution is -2.47. The van der Waals surface area contributed by atoms with Crippen molar-refractivity contribution in [3.05, 3.63) is 60.7 Å². The van der Waals surface area contributed by atoms with Gasteiger partial charge < -0.3 is 4.43 Å². The predicted molar refractivity (Wildman–Crippen MR) is 120 cm³/mol. The molecule has 0 aliphatic carbocycles. The van der Waals surface area contributed by atoms with Gasteiger partial charge in [0.15, 0.2) is 0 Å². The third-order valence-corrected chi connectivity index (χ3v) is 7.38. The molecule has 2 aromatic carbocycles. The highest BCUT2D eigenvalue weighted by atomic mass is 28.3. The van der Waals surface area contributed by atoms with Crippen LogP contribution in [0.2, 0.25) is 0 Å². The summed E-state index contributed by atoms with van der Waals surface area (Å²) < 4.78 is 6.81. The van der Waals surface area contributed by atoms with Crippen LogP contribution in [-0.4, -0.2) is 15.1 Å². The van der Waals surface area contributed by atoms with Gasteiger partial charge in [-0.15, -0.1) is 0 Å². The lowest BCUT2D eigenvalue weighted by Gasteiger charge is -2.24. The third kappa shape index (κ3) is 8.44. The molecule has 0 bridgehead atoms. The first-order valence-electron chi connectivity index (χ1n) is 11.0. The average molecular weight is 382 g/mol. The second-order valence-corrected chi connectivity index (χ2v) is 9.55. The molecule has 27 heavy (non-hydrogen) atoms. The summed E-state index contributed by atoms with van der Waals surface area (Å²) in [4.78, 5) is 0. The van der Waals surface area contributed by atoms with Gasteiger partial charge in [0, 0.05) is 6.10 Å². The van der Waals surface area contributed by atoms with Gasteiger partial charge in [-0.1, -0.05) is 126 Å². The predicted octanol–water partition coefficient (Wildman–Crippen LogP) is 6.12. The fourth-order valence-electron chi connectivity index (χ4n) is 3.56. The maximum atomic E-state index is 6.81. The molecule has 2 aromatic rings. The van der Waals surface area contributed by atoms with E-state index in [2.05, 4.69) is 74.5 Å². The molecule has 0 amide bonds. The molecule has 0 aliphatic heterocycles. The summed E-state index contributed by atoms with van der Waals surface area (Å²) in [6.07, 6.45) is 13.5. The van der Waals surface area contributed by atoms with E-state index in [1.54, 1.807) is 0 Å². The SMILES string of the molecule is CCCCCCCCCC(CCC)O[Si](c1ccccc1)c1ccccc1. The van der Waals surface area contributed by atoms with E-state index in [-0.39, 0.29) is 0 Å². The van der Waals surface area contributed by atoms with Gasteiger partial charge in [-0.3, -0.25) is 0 Å². The number of hydrogen-bond acceptors (Lipinski definition) is 1. The fraction of sp³-hybridized carbons (Fsp3) is 0.520. The van der Waals surface area contributed by atoms with Crippen LogP contribution in [0.25, 0.3) is 0 Å². The normalized spacial score (nSPS) is 12.4. The highest BCUT2D eigenvalue weighted by Gasteiger charge is 2.23. The van der Waals surface area contributed by atoms with Gasteiger partial charge in [0.25, 0.3) is 9.04 Å². The Labute approximate surface area is 168 Å². The lowest BCUT2D eigenvalue weighted by molar-refractivity contribution is 0.182. The Balaban J connectivity index is 1.93. The number of rotatable bonds is 14. The molecule has 0 spiro atoms. The molecule has 1 unspecified atom stereocenters. The number of unbranched alkanes of at least 4 members (excludes halogenated alkanes) is 6. The van der Waals surface area contributed by atoms with Crippen molar-refractivity contribution in [3.8, 4) is 0 Å². The standard InChI is InChI=1S/C25H37OSi/c1-3-5-6-7-8-9-12-18-23(17-4-2)26-27(24-19-13-10-14-20-24)25-21-15-11-16-22-25/h10-11,13-16,19-23H,3-9,12,17-18H2,1-2H3. The Bertz CT molecular complexity index is 544. The first kappa shape index (κ1) is 21.9. The molecule has 2 rings (SSSR count). The fourth-order valence-corrected chi connectivity index (χ4v) is 5.73. The van der Waals surface area contributed by atoms with Crippen molar-refractivity contribution >= 4 is 19.4 Å². The van der Waals surface area contributed by atoms with Gasteiger partial charge in [-0.2, -0.15) is 0 Å². The minimum absolute atomic E-state index is 0.389. The molecule has 0 aromatic heterocycles. The molecule has 1 radical (unpaired) electrons. The van der Waals surface area contributed by atoms with Crippen LogP contribution in [0.5, 0.6) is 0 Å². The molecule has 1 nitrogen and oxygen atoms in total. The molecule has 147 valence electrons. The molecule has 2 heteroatoms. The smallest absolute Gasteiger partial charge is 0.283 e. The molecule has 1 atom stereocenters. The molecule has 0 aliphatic rings. The van der Waals surface area contributed by atoms with E-state index in [9.17, 15) is 0 Å². The van der Waals surface area contributed by atoms with Crippen LogP contribution in [0.4, 0.5) is 0 Å². The summed E-state index contributed by atoms with van der Waals surface area (Å²) >= 11 is 0. The molecular formula is C25H37OSi. The van der Waals surface area contributed by atoms with Crippen molar-refractivity contribution in [1.82, 2.24) is 0 Å². The molecular weight excluding hydrogens is 344 g/mol. The second kappa shape index (κ2) is 13.7. The topological polar surface area (TPSA) is 9.23 Å². The van der Waals surface area contributed by atoms with E-state index in [0.717, 1.165) is 0 Å². The monoisotopic (exact) mass is 381 g/mol. The van der Waals surface area contributed by atoms with E-state index in [4.69, 9.17) is 4.43 Å². The zero-order chi connectivity index (χ0) is 19.2. The van der Waals surface area contributed by atoms with Crippen LogP contribution in [0.15, 0.2) is 60.7 Å².